The quantitative estimate of drug-likeness (QED) is 0.784. The highest BCUT2D eigenvalue weighted by Gasteiger charge is 2.15. The summed E-state index contributed by atoms with van der Waals surface area (Å²) >= 11 is 17.7. The fourth-order valence-corrected chi connectivity index (χ4v) is 1.90. The Kier molecular flexibility index (Phi) is 3.19. The van der Waals surface area contributed by atoms with Crippen molar-refractivity contribution in [1.82, 2.24) is 9.55 Å². The summed E-state index contributed by atoms with van der Waals surface area (Å²) in [5.74, 6) is 0.417. The molecule has 0 unspecified atom stereocenters. The number of hydrogen-bond donors (Lipinski definition) is 0. The van der Waals surface area contributed by atoms with E-state index in [0.717, 1.165) is 0 Å². The van der Waals surface area contributed by atoms with Crippen LogP contribution < -0.4 is 0 Å². The monoisotopic (exact) mass is 274 g/mol. The van der Waals surface area contributed by atoms with Gasteiger partial charge in [-0.2, -0.15) is 0 Å². The Balaban J connectivity index is 2.69. The maximum absolute atomic E-state index is 10.9. The second-order valence-electron chi connectivity index (χ2n) is 2.97. The molecule has 0 saturated carbocycles. The smallest absolute Gasteiger partial charge is 0.168 e. The summed E-state index contributed by atoms with van der Waals surface area (Å²) in [5, 5.41) is 0.887. The van der Waals surface area contributed by atoms with Gasteiger partial charge in [-0.15, -0.1) is 0 Å². The van der Waals surface area contributed by atoms with E-state index in [0.29, 0.717) is 17.1 Å². The zero-order valence-electron chi connectivity index (χ0n) is 7.82. The standard InChI is InChI=1S/C10H5Cl3N2O/c11-6-2-1-3-14-10(6)15-4-7(12)9(13)8(15)5-16/h1-5H. The minimum Gasteiger partial charge on any atom is -0.296 e. The van der Waals surface area contributed by atoms with Gasteiger partial charge < -0.3 is 0 Å². The molecule has 2 aromatic rings. The molecule has 0 aromatic carbocycles. The second kappa shape index (κ2) is 4.45. The van der Waals surface area contributed by atoms with E-state index in [1.165, 1.54) is 10.8 Å². The normalized spacial score (nSPS) is 10.4. The van der Waals surface area contributed by atoms with Crippen LogP contribution in [0.5, 0.6) is 0 Å². The molecule has 0 bridgehead atoms. The Morgan fingerprint density at radius 3 is 2.62 bits per heavy atom. The summed E-state index contributed by atoms with van der Waals surface area (Å²) in [4.78, 5) is 15.0. The maximum Gasteiger partial charge on any atom is 0.168 e. The first kappa shape index (κ1) is 11.5. The summed E-state index contributed by atoms with van der Waals surface area (Å²) in [5.41, 5.74) is 0.229. The summed E-state index contributed by atoms with van der Waals surface area (Å²) in [7, 11) is 0. The Labute approximate surface area is 107 Å². The predicted molar refractivity (Wildman–Crippen MR) is 64.0 cm³/mol. The number of aldehydes is 1. The molecule has 0 radical (unpaired) electrons. The van der Waals surface area contributed by atoms with Crippen molar-refractivity contribution in [3.8, 4) is 5.82 Å². The minimum absolute atomic E-state index is 0.193. The molecule has 0 aliphatic carbocycles. The van der Waals surface area contributed by atoms with Gasteiger partial charge in [-0.3, -0.25) is 9.36 Å². The average Bonchev–Trinajstić information content (AvgIpc) is 2.56. The lowest BCUT2D eigenvalue weighted by molar-refractivity contribution is 0.111. The zero-order chi connectivity index (χ0) is 11.7. The SMILES string of the molecule is O=Cc1c(Cl)c(Cl)cn1-c1ncccc1Cl. The lowest BCUT2D eigenvalue weighted by Gasteiger charge is -2.05. The van der Waals surface area contributed by atoms with Crippen molar-refractivity contribution in [3.63, 3.8) is 0 Å². The number of hydrogen-bond acceptors (Lipinski definition) is 2. The van der Waals surface area contributed by atoms with Gasteiger partial charge in [0.05, 0.1) is 15.1 Å². The molecule has 2 heterocycles. The zero-order valence-corrected chi connectivity index (χ0v) is 10.1. The Morgan fingerprint density at radius 2 is 2.00 bits per heavy atom. The second-order valence-corrected chi connectivity index (χ2v) is 4.17. The Morgan fingerprint density at radius 1 is 1.25 bits per heavy atom. The summed E-state index contributed by atoms with van der Waals surface area (Å²) < 4.78 is 1.46. The average molecular weight is 276 g/mol. The molecule has 0 atom stereocenters. The third-order valence-corrected chi connectivity index (χ3v) is 3.09. The van der Waals surface area contributed by atoms with Crippen LogP contribution in [0, 0.1) is 0 Å². The van der Waals surface area contributed by atoms with E-state index < -0.39 is 0 Å². The van der Waals surface area contributed by atoms with Crippen molar-refractivity contribution >= 4 is 41.1 Å². The fraction of sp³-hybridized carbons (Fsp3) is 0. The number of pyridine rings is 1. The summed E-state index contributed by atoms with van der Waals surface area (Å²) in [6.07, 6.45) is 3.68. The molecule has 82 valence electrons. The van der Waals surface area contributed by atoms with E-state index in [9.17, 15) is 4.79 Å². The van der Waals surface area contributed by atoms with Gasteiger partial charge in [-0.05, 0) is 12.1 Å². The molecular formula is C10H5Cl3N2O. The van der Waals surface area contributed by atoms with E-state index >= 15 is 0 Å². The fourth-order valence-electron chi connectivity index (χ4n) is 1.31. The number of nitrogens with zero attached hydrogens (tertiary/aromatic N) is 2. The van der Waals surface area contributed by atoms with Crippen LogP contribution in [0.4, 0.5) is 0 Å². The van der Waals surface area contributed by atoms with Crippen LogP contribution in [0.2, 0.25) is 15.1 Å². The van der Waals surface area contributed by atoms with E-state index in [2.05, 4.69) is 4.98 Å². The first-order valence-electron chi connectivity index (χ1n) is 4.27. The van der Waals surface area contributed by atoms with Crippen LogP contribution in [0.25, 0.3) is 5.82 Å². The topological polar surface area (TPSA) is 34.9 Å². The molecule has 16 heavy (non-hydrogen) atoms. The van der Waals surface area contributed by atoms with Crippen molar-refractivity contribution in [2.45, 2.75) is 0 Å². The molecular weight excluding hydrogens is 270 g/mol. The Hall–Kier alpha value is -1.03. The van der Waals surface area contributed by atoms with Crippen molar-refractivity contribution in [2.24, 2.45) is 0 Å². The lowest BCUT2D eigenvalue weighted by atomic mass is 10.4. The van der Waals surface area contributed by atoms with Crippen LogP contribution in [0.3, 0.4) is 0 Å². The molecule has 0 aliphatic heterocycles. The molecule has 0 amide bonds. The van der Waals surface area contributed by atoms with Gasteiger partial charge >= 0.3 is 0 Å². The van der Waals surface area contributed by atoms with E-state index in [-0.39, 0.29) is 15.7 Å². The van der Waals surface area contributed by atoms with E-state index in [1.807, 2.05) is 0 Å². The molecule has 0 fully saturated rings. The van der Waals surface area contributed by atoms with Gasteiger partial charge in [0.1, 0.15) is 5.69 Å². The number of aromatic nitrogens is 2. The van der Waals surface area contributed by atoms with Crippen molar-refractivity contribution in [3.05, 3.63) is 45.3 Å². The maximum atomic E-state index is 10.9. The number of carbonyl (C=O) groups excluding carboxylic acids is 1. The molecule has 0 saturated heterocycles. The van der Waals surface area contributed by atoms with Crippen molar-refractivity contribution in [2.75, 3.05) is 0 Å². The van der Waals surface area contributed by atoms with Gasteiger partial charge in [0.15, 0.2) is 12.1 Å². The van der Waals surface area contributed by atoms with Crippen molar-refractivity contribution in [1.29, 1.82) is 0 Å². The predicted octanol–water partition coefficient (Wildman–Crippen LogP) is 3.65. The van der Waals surface area contributed by atoms with E-state index in [4.69, 9.17) is 34.8 Å². The van der Waals surface area contributed by atoms with Crippen LogP contribution in [-0.4, -0.2) is 15.8 Å². The molecule has 2 rings (SSSR count). The van der Waals surface area contributed by atoms with Gasteiger partial charge in [0.25, 0.3) is 0 Å². The van der Waals surface area contributed by atoms with Gasteiger partial charge in [0, 0.05) is 12.4 Å². The Bertz CT molecular complexity index is 551. The van der Waals surface area contributed by atoms with Crippen molar-refractivity contribution < 1.29 is 4.79 Å². The molecule has 0 N–H and O–H groups in total. The molecule has 0 aliphatic rings. The highest BCUT2D eigenvalue weighted by atomic mass is 35.5. The van der Waals surface area contributed by atoms with Crippen LogP contribution in [0.1, 0.15) is 10.5 Å². The number of rotatable bonds is 2. The number of halogens is 3. The summed E-state index contributed by atoms with van der Waals surface area (Å²) in [6, 6.07) is 3.36. The van der Waals surface area contributed by atoms with Crippen LogP contribution in [0.15, 0.2) is 24.5 Å². The first-order chi connectivity index (χ1) is 7.65. The van der Waals surface area contributed by atoms with Gasteiger partial charge in [-0.1, -0.05) is 34.8 Å². The third-order valence-electron chi connectivity index (χ3n) is 2.02. The lowest BCUT2D eigenvalue weighted by Crippen LogP contribution is -2.01. The highest BCUT2D eigenvalue weighted by Crippen LogP contribution is 2.30. The molecule has 6 heteroatoms. The third kappa shape index (κ3) is 1.82. The molecule has 3 nitrogen and oxygen atoms in total. The summed E-state index contributed by atoms with van der Waals surface area (Å²) in [6.45, 7) is 0. The molecule has 2 aromatic heterocycles. The first-order valence-corrected chi connectivity index (χ1v) is 5.41. The number of carbonyl (C=O) groups is 1. The highest BCUT2D eigenvalue weighted by molar-refractivity contribution is 6.43. The largest absolute Gasteiger partial charge is 0.296 e. The van der Waals surface area contributed by atoms with Gasteiger partial charge in [0.2, 0.25) is 0 Å². The van der Waals surface area contributed by atoms with Crippen LogP contribution >= 0.6 is 34.8 Å². The van der Waals surface area contributed by atoms with Gasteiger partial charge in [-0.25, -0.2) is 4.98 Å². The van der Waals surface area contributed by atoms with E-state index in [1.54, 1.807) is 18.3 Å². The van der Waals surface area contributed by atoms with Crippen LogP contribution in [-0.2, 0) is 0 Å². The molecule has 0 spiro atoms. The minimum atomic E-state index is 0.193.